The quantitative estimate of drug-likeness (QED) is 0.682. The summed E-state index contributed by atoms with van der Waals surface area (Å²) in [4.78, 5) is 11.2. The van der Waals surface area contributed by atoms with Crippen molar-refractivity contribution in [2.45, 2.75) is 19.4 Å². The Balaban J connectivity index is 1.76. The number of primary amides is 1. The van der Waals surface area contributed by atoms with Crippen molar-refractivity contribution in [3.63, 3.8) is 0 Å². The molecule has 0 aromatic heterocycles. The summed E-state index contributed by atoms with van der Waals surface area (Å²) in [5.41, 5.74) is 7.66. The van der Waals surface area contributed by atoms with Crippen molar-refractivity contribution in [1.29, 1.82) is 0 Å². The smallest absolute Gasteiger partial charge is 0.252 e. The molecule has 4 heteroatoms. The van der Waals surface area contributed by atoms with Gasteiger partial charge in [-0.3, -0.25) is 4.79 Å². The van der Waals surface area contributed by atoms with Crippen molar-refractivity contribution in [1.82, 2.24) is 5.32 Å². The normalized spacial score (nSPS) is 10.5. The summed E-state index contributed by atoms with van der Waals surface area (Å²) in [5, 5.41) is 12.9. The van der Waals surface area contributed by atoms with Gasteiger partial charge in [-0.25, -0.2) is 0 Å². The van der Waals surface area contributed by atoms with Crippen LogP contribution in [0.2, 0.25) is 0 Å². The number of benzene rings is 2. The molecule has 0 aliphatic heterocycles. The van der Waals surface area contributed by atoms with E-state index in [0.29, 0.717) is 0 Å². The summed E-state index contributed by atoms with van der Waals surface area (Å²) in [6, 6.07) is 15.2. The topological polar surface area (TPSA) is 75.4 Å². The maximum atomic E-state index is 11.2. The molecule has 0 fully saturated rings. The van der Waals surface area contributed by atoms with Gasteiger partial charge in [0.25, 0.3) is 5.91 Å². The molecule has 0 aliphatic carbocycles. The minimum atomic E-state index is -0.600. The average Bonchev–Trinajstić information content (AvgIpc) is 2.49. The number of hydrogen-bond acceptors (Lipinski definition) is 3. The molecular formula is C17H20N2O2. The highest BCUT2D eigenvalue weighted by Crippen LogP contribution is 2.18. The van der Waals surface area contributed by atoms with Crippen LogP contribution in [0, 0.1) is 0 Å². The number of rotatable bonds is 7. The fourth-order valence-corrected chi connectivity index (χ4v) is 2.18. The molecule has 0 saturated carbocycles. The Hall–Kier alpha value is -2.33. The predicted molar refractivity (Wildman–Crippen MR) is 83.1 cm³/mol. The number of hydrogen-bond donors (Lipinski definition) is 3. The molecule has 2 aromatic carbocycles. The standard InChI is InChI=1S/C17H20N2O2/c18-17(21)15-11-13(8-9-16(15)20)7-4-10-19-12-14-5-2-1-3-6-14/h1-3,5-6,8-9,11,19-20H,4,7,10,12H2,(H2,18,21). The average molecular weight is 284 g/mol. The van der Waals surface area contributed by atoms with Crippen LogP contribution in [0.3, 0.4) is 0 Å². The first-order valence-electron chi connectivity index (χ1n) is 7.03. The highest BCUT2D eigenvalue weighted by Gasteiger charge is 2.07. The molecule has 2 aromatic rings. The van der Waals surface area contributed by atoms with Crippen LogP contribution in [0.1, 0.15) is 27.9 Å². The minimum Gasteiger partial charge on any atom is -0.507 e. The lowest BCUT2D eigenvalue weighted by atomic mass is 10.1. The van der Waals surface area contributed by atoms with E-state index in [1.54, 1.807) is 6.07 Å². The van der Waals surface area contributed by atoms with Gasteiger partial charge in [-0.15, -0.1) is 0 Å². The Kier molecular flexibility index (Phi) is 5.35. The first kappa shape index (κ1) is 15.1. The number of nitrogens with two attached hydrogens (primary N) is 1. The van der Waals surface area contributed by atoms with E-state index in [9.17, 15) is 9.90 Å². The van der Waals surface area contributed by atoms with E-state index in [1.165, 1.54) is 11.6 Å². The van der Waals surface area contributed by atoms with Crippen LogP contribution in [-0.2, 0) is 13.0 Å². The molecule has 0 atom stereocenters. The van der Waals surface area contributed by atoms with Gasteiger partial charge < -0.3 is 16.2 Å². The van der Waals surface area contributed by atoms with E-state index in [1.807, 2.05) is 24.3 Å². The van der Waals surface area contributed by atoms with E-state index in [0.717, 1.165) is 31.5 Å². The second kappa shape index (κ2) is 7.45. The first-order valence-corrected chi connectivity index (χ1v) is 7.03. The molecule has 0 saturated heterocycles. The van der Waals surface area contributed by atoms with E-state index in [-0.39, 0.29) is 11.3 Å². The molecule has 0 unspecified atom stereocenters. The lowest BCUT2D eigenvalue weighted by Gasteiger charge is -2.07. The van der Waals surface area contributed by atoms with Crippen LogP contribution in [-0.4, -0.2) is 17.6 Å². The molecule has 110 valence electrons. The second-order valence-corrected chi connectivity index (χ2v) is 4.98. The zero-order valence-corrected chi connectivity index (χ0v) is 11.9. The zero-order valence-electron chi connectivity index (χ0n) is 11.9. The Morgan fingerprint density at radius 1 is 1.10 bits per heavy atom. The summed E-state index contributed by atoms with van der Waals surface area (Å²) in [6.07, 6.45) is 1.79. The van der Waals surface area contributed by atoms with Crippen LogP contribution in [0.4, 0.5) is 0 Å². The van der Waals surface area contributed by atoms with Crippen molar-refractivity contribution >= 4 is 5.91 Å². The van der Waals surface area contributed by atoms with Gasteiger partial charge in [-0.2, -0.15) is 0 Å². The highest BCUT2D eigenvalue weighted by molar-refractivity contribution is 5.95. The fraction of sp³-hybridized carbons (Fsp3) is 0.235. The SMILES string of the molecule is NC(=O)c1cc(CCCNCc2ccccc2)ccc1O. The molecule has 0 bridgehead atoms. The third kappa shape index (κ3) is 4.61. The van der Waals surface area contributed by atoms with Crippen molar-refractivity contribution in [3.05, 3.63) is 65.2 Å². The predicted octanol–water partition coefficient (Wildman–Crippen LogP) is 2.21. The molecule has 2 rings (SSSR count). The zero-order chi connectivity index (χ0) is 15.1. The van der Waals surface area contributed by atoms with Gasteiger partial charge in [0.15, 0.2) is 0 Å². The number of phenols is 1. The van der Waals surface area contributed by atoms with E-state index < -0.39 is 5.91 Å². The first-order chi connectivity index (χ1) is 10.2. The van der Waals surface area contributed by atoms with Crippen molar-refractivity contribution in [3.8, 4) is 5.75 Å². The fourth-order valence-electron chi connectivity index (χ4n) is 2.18. The number of aromatic hydroxyl groups is 1. The summed E-state index contributed by atoms with van der Waals surface area (Å²) < 4.78 is 0. The number of aryl methyl sites for hydroxylation is 1. The molecule has 21 heavy (non-hydrogen) atoms. The summed E-state index contributed by atoms with van der Waals surface area (Å²) in [6.45, 7) is 1.74. The molecule has 0 spiro atoms. The molecule has 0 heterocycles. The Morgan fingerprint density at radius 3 is 2.57 bits per heavy atom. The van der Waals surface area contributed by atoms with Crippen molar-refractivity contribution < 1.29 is 9.90 Å². The molecule has 0 radical (unpaired) electrons. The van der Waals surface area contributed by atoms with E-state index in [4.69, 9.17) is 5.73 Å². The Morgan fingerprint density at radius 2 is 1.86 bits per heavy atom. The van der Waals surface area contributed by atoms with E-state index in [2.05, 4.69) is 17.4 Å². The minimum absolute atomic E-state index is 0.0616. The molecular weight excluding hydrogens is 264 g/mol. The van der Waals surface area contributed by atoms with Crippen LogP contribution in [0.5, 0.6) is 5.75 Å². The van der Waals surface area contributed by atoms with Crippen molar-refractivity contribution in [2.24, 2.45) is 5.73 Å². The van der Waals surface area contributed by atoms with Crippen molar-refractivity contribution in [2.75, 3.05) is 6.54 Å². The monoisotopic (exact) mass is 284 g/mol. The Bertz CT molecular complexity index is 597. The van der Waals surface area contributed by atoms with Gasteiger partial charge in [0.2, 0.25) is 0 Å². The molecule has 1 amide bonds. The third-order valence-electron chi connectivity index (χ3n) is 3.32. The largest absolute Gasteiger partial charge is 0.507 e. The van der Waals surface area contributed by atoms with Gasteiger partial charge in [-0.1, -0.05) is 36.4 Å². The van der Waals surface area contributed by atoms with Gasteiger partial charge >= 0.3 is 0 Å². The Labute approximate surface area is 124 Å². The van der Waals surface area contributed by atoms with Gasteiger partial charge in [0.05, 0.1) is 5.56 Å². The number of carbonyl (C=O) groups is 1. The third-order valence-corrected chi connectivity index (χ3v) is 3.32. The molecule has 4 nitrogen and oxygen atoms in total. The molecule has 0 aliphatic rings. The van der Waals surface area contributed by atoms with Crippen LogP contribution in [0.15, 0.2) is 48.5 Å². The van der Waals surface area contributed by atoms with Gasteiger partial charge in [0, 0.05) is 6.54 Å². The lowest BCUT2D eigenvalue weighted by Crippen LogP contribution is -2.15. The van der Waals surface area contributed by atoms with Gasteiger partial charge in [-0.05, 0) is 42.6 Å². The second-order valence-electron chi connectivity index (χ2n) is 4.98. The number of nitrogens with one attached hydrogen (secondary N) is 1. The maximum Gasteiger partial charge on any atom is 0.252 e. The summed E-state index contributed by atoms with van der Waals surface area (Å²) in [5.74, 6) is -0.662. The lowest BCUT2D eigenvalue weighted by molar-refractivity contribution is 0.0997. The van der Waals surface area contributed by atoms with Gasteiger partial charge in [0.1, 0.15) is 5.75 Å². The highest BCUT2D eigenvalue weighted by atomic mass is 16.3. The van der Waals surface area contributed by atoms with Crippen LogP contribution in [0.25, 0.3) is 0 Å². The van der Waals surface area contributed by atoms with E-state index >= 15 is 0 Å². The number of carbonyl (C=O) groups excluding carboxylic acids is 1. The van der Waals surface area contributed by atoms with Crippen LogP contribution >= 0.6 is 0 Å². The maximum absolute atomic E-state index is 11.2. The molecule has 4 N–H and O–H groups in total. The van der Waals surface area contributed by atoms with Crippen LogP contribution < -0.4 is 11.1 Å². The summed E-state index contributed by atoms with van der Waals surface area (Å²) in [7, 11) is 0. The summed E-state index contributed by atoms with van der Waals surface area (Å²) >= 11 is 0. The number of amides is 1.